The highest BCUT2D eigenvalue weighted by atomic mass is 16.2. The fourth-order valence-electron chi connectivity index (χ4n) is 1.95. The van der Waals surface area contributed by atoms with E-state index < -0.39 is 0 Å². The van der Waals surface area contributed by atoms with Crippen LogP contribution >= 0.6 is 0 Å². The van der Waals surface area contributed by atoms with Crippen LogP contribution in [0.3, 0.4) is 0 Å². The number of carbonyl (C=O) groups is 2. The number of likely N-dealkylation sites (N-methyl/N-ethyl adjacent to an activating group) is 1. The van der Waals surface area contributed by atoms with Crippen molar-refractivity contribution < 1.29 is 9.59 Å². The third kappa shape index (κ3) is 3.57. The van der Waals surface area contributed by atoms with E-state index in [0.29, 0.717) is 0 Å². The van der Waals surface area contributed by atoms with Crippen LogP contribution in [0.25, 0.3) is 0 Å². The van der Waals surface area contributed by atoms with Gasteiger partial charge in [-0.3, -0.25) is 14.9 Å². The second kappa shape index (κ2) is 5.96. The first-order valence-corrected chi connectivity index (χ1v) is 5.88. The Morgan fingerprint density at radius 1 is 1.44 bits per heavy atom. The van der Waals surface area contributed by atoms with Crippen molar-refractivity contribution in [3.8, 4) is 0 Å². The van der Waals surface area contributed by atoms with Gasteiger partial charge >= 0.3 is 0 Å². The maximum atomic E-state index is 11.3. The summed E-state index contributed by atoms with van der Waals surface area (Å²) in [7, 11) is 0. The Hall–Kier alpha value is -0.940. The molecule has 0 bridgehead atoms. The van der Waals surface area contributed by atoms with E-state index in [4.69, 9.17) is 0 Å². The van der Waals surface area contributed by atoms with Gasteiger partial charge in [0.1, 0.15) is 0 Å². The Labute approximate surface area is 96.6 Å². The van der Waals surface area contributed by atoms with E-state index in [0.717, 1.165) is 19.6 Å². The first-order chi connectivity index (χ1) is 7.56. The molecular formula is C11H21N3O2. The van der Waals surface area contributed by atoms with Gasteiger partial charge in [0.05, 0.1) is 12.5 Å². The van der Waals surface area contributed by atoms with Gasteiger partial charge in [-0.15, -0.1) is 0 Å². The van der Waals surface area contributed by atoms with Crippen molar-refractivity contribution >= 4 is 11.8 Å². The van der Waals surface area contributed by atoms with Crippen molar-refractivity contribution in [3.63, 3.8) is 0 Å². The molecule has 2 atom stereocenters. The molecule has 0 aliphatic carbocycles. The summed E-state index contributed by atoms with van der Waals surface area (Å²) in [6.07, 6.45) is 0.265. The van der Waals surface area contributed by atoms with Gasteiger partial charge in [0.25, 0.3) is 0 Å². The molecule has 0 radical (unpaired) electrons. The molecule has 1 rings (SSSR count). The van der Waals surface area contributed by atoms with Gasteiger partial charge in [0.2, 0.25) is 11.8 Å². The van der Waals surface area contributed by atoms with Gasteiger partial charge < -0.3 is 10.2 Å². The van der Waals surface area contributed by atoms with Crippen molar-refractivity contribution in [2.24, 2.45) is 0 Å². The summed E-state index contributed by atoms with van der Waals surface area (Å²) in [5, 5.41) is 5.48. The lowest BCUT2D eigenvalue weighted by Crippen LogP contribution is -2.46. The Balaban J connectivity index is 2.36. The average molecular weight is 227 g/mol. The topological polar surface area (TPSA) is 61.4 Å². The molecule has 1 aliphatic heterocycles. The van der Waals surface area contributed by atoms with Crippen LogP contribution in [0.15, 0.2) is 0 Å². The fraction of sp³-hybridized carbons (Fsp3) is 0.818. The molecule has 2 N–H and O–H groups in total. The van der Waals surface area contributed by atoms with Crippen molar-refractivity contribution in [1.29, 1.82) is 0 Å². The maximum Gasteiger partial charge on any atom is 0.244 e. The van der Waals surface area contributed by atoms with Crippen molar-refractivity contribution in [3.05, 3.63) is 0 Å². The average Bonchev–Trinajstić information content (AvgIpc) is 2.54. The highest BCUT2D eigenvalue weighted by Crippen LogP contribution is 2.03. The predicted octanol–water partition coefficient (Wildman–Crippen LogP) is -0.279. The molecule has 2 unspecified atom stereocenters. The Morgan fingerprint density at radius 2 is 2.06 bits per heavy atom. The summed E-state index contributed by atoms with van der Waals surface area (Å²) in [5.41, 5.74) is 0. The van der Waals surface area contributed by atoms with Gasteiger partial charge in [0.15, 0.2) is 0 Å². The molecule has 0 saturated carbocycles. The number of hydrogen-bond donors (Lipinski definition) is 2. The van der Waals surface area contributed by atoms with Crippen LogP contribution in [-0.4, -0.2) is 48.4 Å². The molecule has 0 spiro atoms. The number of carbonyl (C=O) groups excluding carboxylic acids is 2. The number of rotatable bonds is 6. The molecule has 5 heteroatoms. The molecule has 0 aromatic heterocycles. The predicted molar refractivity (Wildman–Crippen MR) is 61.9 cm³/mol. The Kier molecular flexibility index (Phi) is 4.89. The van der Waals surface area contributed by atoms with Crippen LogP contribution in [-0.2, 0) is 9.59 Å². The van der Waals surface area contributed by atoms with Crippen LogP contribution < -0.4 is 10.6 Å². The van der Waals surface area contributed by atoms with Gasteiger partial charge in [0, 0.05) is 12.6 Å². The molecule has 16 heavy (non-hydrogen) atoms. The second-order valence-electron chi connectivity index (χ2n) is 4.22. The van der Waals surface area contributed by atoms with Gasteiger partial charge in [-0.2, -0.15) is 0 Å². The number of amides is 2. The summed E-state index contributed by atoms with van der Waals surface area (Å²) >= 11 is 0. The molecule has 1 saturated heterocycles. The lowest BCUT2D eigenvalue weighted by atomic mass is 10.2. The first-order valence-electron chi connectivity index (χ1n) is 5.88. The third-order valence-corrected chi connectivity index (χ3v) is 2.88. The summed E-state index contributed by atoms with van der Waals surface area (Å²) in [6.45, 7) is 9.15. The van der Waals surface area contributed by atoms with Crippen molar-refractivity contribution in [1.82, 2.24) is 15.5 Å². The maximum absolute atomic E-state index is 11.3. The van der Waals surface area contributed by atoms with Gasteiger partial charge in [-0.05, 0) is 20.0 Å². The lowest BCUT2D eigenvalue weighted by molar-refractivity contribution is -0.125. The minimum atomic E-state index is -0.349. The van der Waals surface area contributed by atoms with Crippen LogP contribution in [0.1, 0.15) is 27.2 Å². The number of nitrogens with one attached hydrogen (secondary N) is 2. The molecule has 5 nitrogen and oxygen atoms in total. The number of nitrogens with zero attached hydrogens (tertiary/aromatic N) is 1. The van der Waals surface area contributed by atoms with E-state index in [1.165, 1.54) is 0 Å². The minimum Gasteiger partial charge on any atom is -0.302 e. The second-order valence-corrected chi connectivity index (χ2v) is 4.22. The van der Waals surface area contributed by atoms with E-state index >= 15 is 0 Å². The monoisotopic (exact) mass is 227 g/mol. The molecule has 2 amide bonds. The van der Waals surface area contributed by atoms with E-state index in [9.17, 15) is 9.59 Å². The zero-order valence-electron chi connectivity index (χ0n) is 10.2. The third-order valence-electron chi connectivity index (χ3n) is 2.88. The quantitative estimate of drug-likeness (QED) is 0.613. The van der Waals surface area contributed by atoms with Gasteiger partial charge in [-0.25, -0.2) is 0 Å². The summed E-state index contributed by atoms with van der Waals surface area (Å²) in [5.74, 6) is -0.381. The minimum absolute atomic E-state index is 0.183. The molecule has 92 valence electrons. The molecule has 0 aromatic rings. The van der Waals surface area contributed by atoms with E-state index in [-0.39, 0.29) is 30.3 Å². The fourth-order valence-corrected chi connectivity index (χ4v) is 1.95. The van der Waals surface area contributed by atoms with E-state index in [1.54, 1.807) is 0 Å². The standard InChI is InChI=1S/C11H21N3O2/c1-4-14(5-2)7-8(3)12-9-6-10(15)13-11(9)16/h8-9,12H,4-7H2,1-3H3,(H,13,15,16). The molecule has 0 aromatic carbocycles. The van der Waals surface area contributed by atoms with Crippen LogP contribution in [0, 0.1) is 0 Å². The highest BCUT2D eigenvalue weighted by molar-refractivity contribution is 6.05. The first kappa shape index (κ1) is 13.1. The van der Waals surface area contributed by atoms with Crippen LogP contribution in [0.4, 0.5) is 0 Å². The summed E-state index contributed by atoms with van der Waals surface area (Å²) < 4.78 is 0. The number of hydrogen-bond acceptors (Lipinski definition) is 4. The van der Waals surface area contributed by atoms with Crippen molar-refractivity contribution in [2.75, 3.05) is 19.6 Å². The van der Waals surface area contributed by atoms with Crippen molar-refractivity contribution in [2.45, 2.75) is 39.3 Å². The van der Waals surface area contributed by atoms with E-state index in [2.05, 4.69) is 29.4 Å². The smallest absolute Gasteiger partial charge is 0.244 e. The summed E-state index contributed by atoms with van der Waals surface area (Å²) in [4.78, 5) is 24.6. The number of imide groups is 1. The zero-order valence-corrected chi connectivity index (χ0v) is 10.2. The van der Waals surface area contributed by atoms with Crippen LogP contribution in [0.5, 0.6) is 0 Å². The largest absolute Gasteiger partial charge is 0.302 e. The molecule has 1 aliphatic rings. The Bertz CT molecular complexity index is 264. The van der Waals surface area contributed by atoms with Crippen LogP contribution in [0.2, 0.25) is 0 Å². The lowest BCUT2D eigenvalue weighted by Gasteiger charge is -2.24. The molecule has 1 heterocycles. The highest BCUT2D eigenvalue weighted by Gasteiger charge is 2.31. The molecule has 1 fully saturated rings. The normalized spacial score (nSPS) is 22.6. The van der Waals surface area contributed by atoms with E-state index in [1.807, 2.05) is 6.92 Å². The SMILES string of the molecule is CCN(CC)CC(C)NC1CC(=O)NC1=O. The van der Waals surface area contributed by atoms with Gasteiger partial charge in [-0.1, -0.05) is 13.8 Å². The molecular weight excluding hydrogens is 206 g/mol. The Morgan fingerprint density at radius 3 is 2.50 bits per heavy atom. The zero-order chi connectivity index (χ0) is 12.1. The summed E-state index contributed by atoms with van der Waals surface area (Å²) in [6, 6.07) is -0.139.